The third-order valence-electron chi connectivity index (χ3n) is 4.36. The van der Waals surface area contributed by atoms with Crippen molar-refractivity contribution in [3.05, 3.63) is 90.0 Å². The number of aromatic nitrogens is 4. The van der Waals surface area contributed by atoms with Crippen molar-refractivity contribution < 1.29 is 0 Å². The van der Waals surface area contributed by atoms with E-state index in [4.69, 9.17) is 0 Å². The molecule has 3 heterocycles. The lowest BCUT2D eigenvalue weighted by molar-refractivity contribution is 0.868. The molecule has 0 spiro atoms. The average Bonchev–Trinajstić information content (AvgIpc) is 3.10. The summed E-state index contributed by atoms with van der Waals surface area (Å²) in [5, 5.41) is 8.04. The zero-order chi connectivity index (χ0) is 18.6. The second-order valence-corrected chi connectivity index (χ2v) is 6.56. The van der Waals surface area contributed by atoms with Crippen LogP contribution in [-0.2, 0) is 6.54 Å². The first-order valence-corrected chi connectivity index (χ1v) is 8.92. The Morgan fingerprint density at radius 1 is 0.963 bits per heavy atom. The number of nitrogens with one attached hydrogen (secondary N) is 1. The van der Waals surface area contributed by atoms with Crippen LogP contribution in [0.5, 0.6) is 0 Å². The summed E-state index contributed by atoms with van der Waals surface area (Å²) < 4.78 is 1.98. The number of anilines is 1. The topological polar surface area (TPSA) is 55.6 Å². The van der Waals surface area contributed by atoms with Gasteiger partial charge >= 0.3 is 0 Å². The molecule has 0 atom stereocenters. The van der Waals surface area contributed by atoms with Gasteiger partial charge in [0.25, 0.3) is 0 Å². The number of aryl methyl sites for hydroxylation is 2. The van der Waals surface area contributed by atoms with Gasteiger partial charge in [-0.05, 0) is 55.8 Å². The van der Waals surface area contributed by atoms with Gasteiger partial charge in [0.2, 0.25) is 0 Å². The largest absolute Gasteiger partial charge is 0.366 e. The number of hydrogen-bond donors (Lipinski definition) is 1. The highest BCUT2D eigenvalue weighted by Crippen LogP contribution is 2.25. The van der Waals surface area contributed by atoms with Gasteiger partial charge in [0.15, 0.2) is 0 Å². The molecule has 1 N–H and O–H groups in total. The molecule has 0 bridgehead atoms. The molecule has 3 aromatic heterocycles. The molecular formula is C22H21N5. The minimum atomic E-state index is 0.681. The summed E-state index contributed by atoms with van der Waals surface area (Å²) in [5.41, 5.74) is 6.49. The van der Waals surface area contributed by atoms with Crippen LogP contribution in [0.25, 0.3) is 16.9 Å². The van der Waals surface area contributed by atoms with Crippen LogP contribution >= 0.6 is 0 Å². The molecule has 0 fully saturated rings. The van der Waals surface area contributed by atoms with Crippen LogP contribution in [-0.4, -0.2) is 19.7 Å². The van der Waals surface area contributed by atoms with Gasteiger partial charge in [-0.25, -0.2) is 9.67 Å². The lowest BCUT2D eigenvalue weighted by Crippen LogP contribution is -2.03. The van der Waals surface area contributed by atoms with Gasteiger partial charge in [-0.3, -0.25) is 4.98 Å². The second kappa shape index (κ2) is 7.41. The lowest BCUT2D eigenvalue weighted by atomic mass is 10.1. The van der Waals surface area contributed by atoms with E-state index in [0.29, 0.717) is 6.54 Å². The Hall–Kier alpha value is -3.47. The van der Waals surface area contributed by atoms with E-state index in [1.54, 1.807) is 6.20 Å². The van der Waals surface area contributed by atoms with E-state index in [0.717, 1.165) is 34.0 Å². The monoisotopic (exact) mass is 355 g/mol. The van der Waals surface area contributed by atoms with E-state index in [-0.39, 0.29) is 0 Å². The molecule has 0 aliphatic heterocycles. The first-order valence-electron chi connectivity index (χ1n) is 8.92. The summed E-state index contributed by atoms with van der Waals surface area (Å²) in [6.45, 7) is 4.78. The smallest absolute Gasteiger partial charge is 0.126 e. The number of pyridine rings is 2. The third-order valence-corrected chi connectivity index (χ3v) is 4.36. The van der Waals surface area contributed by atoms with Crippen LogP contribution in [0, 0.1) is 13.8 Å². The highest BCUT2D eigenvalue weighted by Gasteiger charge is 2.11. The molecule has 4 rings (SSSR count). The van der Waals surface area contributed by atoms with Crippen molar-refractivity contribution in [1.82, 2.24) is 19.7 Å². The van der Waals surface area contributed by atoms with Gasteiger partial charge in [0.1, 0.15) is 5.82 Å². The maximum absolute atomic E-state index is 4.68. The Morgan fingerprint density at radius 2 is 1.81 bits per heavy atom. The van der Waals surface area contributed by atoms with E-state index in [2.05, 4.69) is 63.7 Å². The van der Waals surface area contributed by atoms with E-state index in [1.807, 2.05) is 42.2 Å². The molecule has 27 heavy (non-hydrogen) atoms. The number of rotatable bonds is 5. The van der Waals surface area contributed by atoms with Crippen molar-refractivity contribution in [2.75, 3.05) is 5.32 Å². The van der Waals surface area contributed by atoms with Gasteiger partial charge in [0.05, 0.1) is 17.1 Å². The molecular weight excluding hydrogens is 334 g/mol. The highest BCUT2D eigenvalue weighted by molar-refractivity contribution is 5.65. The summed E-state index contributed by atoms with van der Waals surface area (Å²) in [6.07, 6.45) is 5.45. The van der Waals surface area contributed by atoms with Crippen LogP contribution in [0.1, 0.15) is 16.8 Å². The predicted octanol–water partition coefficient (Wildman–Crippen LogP) is 4.56. The maximum atomic E-state index is 4.68. The minimum absolute atomic E-state index is 0.681. The van der Waals surface area contributed by atoms with Crippen LogP contribution in [0.3, 0.4) is 0 Å². The number of hydrogen-bond acceptors (Lipinski definition) is 4. The average molecular weight is 355 g/mol. The van der Waals surface area contributed by atoms with Gasteiger partial charge in [-0.1, -0.05) is 23.8 Å². The van der Waals surface area contributed by atoms with Crippen molar-refractivity contribution in [3.8, 4) is 16.9 Å². The quantitative estimate of drug-likeness (QED) is 0.570. The fourth-order valence-corrected chi connectivity index (χ4v) is 2.97. The molecule has 5 nitrogen and oxygen atoms in total. The second-order valence-electron chi connectivity index (χ2n) is 6.56. The van der Waals surface area contributed by atoms with Crippen LogP contribution in [0.4, 0.5) is 5.82 Å². The normalized spacial score (nSPS) is 10.7. The molecule has 1 aromatic carbocycles. The Labute approximate surface area is 158 Å². The first kappa shape index (κ1) is 17.0. The first-order chi connectivity index (χ1) is 13.2. The predicted molar refractivity (Wildman–Crippen MR) is 108 cm³/mol. The number of nitrogens with zero attached hydrogens (tertiary/aromatic N) is 4. The number of benzene rings is 1. The van der Waals surface area contributed by atoms with Gasteiger partial charge < -0.3 is 5.32 Å². The van der Waals surface area contributed by atoms with Crippen molar-refractivity contribution in [3.63, 3.8) is 0 Å². The molecule has 0 aliphatic carbocycles. The summed E-state index contributed by atoms with van der Waals surface area (Å²) in [7, 11) is 0. The van der Waals surface area contributed by atoms with Crippen molar-refractivity contribution >= 4 is 5.82 Å². The summed E-state index contributed by atoms with van der Waals surface area (Å²) >= 11 is 0. The van der Waals surface area contributed by atoms with Crippen molar-refractivity contribution in [2.24, 2.45) is 0 Å². The van der Waals surface area contributed by atoms with Crippen LogP contribution in [0.15, 0.2) is 73.2 Å². The highest BCUT2D eigenvalue weighted by atomic mass is 15.3. The Kier molecular flexibility index (Phi) is 4.66. The Morgan fingerprint density at radius 3 is 2.59 bits per heavy atom. The maximum Gasteiger partial charge on any atom is 0.126 e. The Bertz CT molecular complexity index is 1040. The van der Waals surface area contributed by atoms with E-state index >= 15 is 0 Å². The summed E-state index contributed by atoms with van der Waals surface area (Å²) in [5.74, 6) is 0.825. The molecule has 134 valence electrons. The fourth-order valence-electron chi connectivity index (χ4n) is 2.97. The molecule has 0 saturated heterocycles. The molecule has 4 aromatic rings. The van der Waals surface area contributed by atoms with E-state index in [1.165, 1.54) is 5.56 Å². The summed E-state index contributed by atoms with van der Waals surface area (Å²) in [4.78, 5) is 8.58. The molecule has 0 radical (unpaired) electrons. The van der Waals surface area contributed by atoms with Crippen molar-refractivity contribution in [2.45, 2.75) is 20.4 Å². The molecule has 0 amide bonds. The molecule has 5 heteroatoms. The van der Waals surface area contributed by atoms with Crippen molar-refractivity contribution in [1.29, 1.82) is 0 Å². The van der Waals surface area contributed by atoms with E-state index < -0.39 is 0 Å². The third kappa shape index (κ3) is 3.87. The van der Waals surface area contributed by atoms with Crippen LogP contribution < -0.4 is 5.32 Å². The zero-order valence-corrected chi connectivity index (χ0v) is 15.4. The Balaban J connectivity index is 1.63. The molecule has 0 aliphatic rings. The van der Waals surface area contributed by atoms with Gasteiger partial charge in [-0.2, -0.15) is 5.10 Å². The van der Waals surface area contributed by atoms with Crippen LogP contribution in [0.2, 0.25) is 0 Å². The SMILES string of the molecule is Cc1ccc(-n2nc(C)cc2-c2ccnc(NCc3cccnc3)c2)cc1. The van der Waals surface area contributed by atoms with Gasteiger partial charge in [0, 0.05) is 30.7 Å². The minimum Gasteiger partial charge on any atom is -0.366 e. The molecule has 0 saturated carbocycles. The lowest BCUT2D eigenvalue weighted by Gasteiger charge is -2.10. The van der Waals surface area contributed by atoms with E-state index in [9.17, 15) is 0 Å². The zero-order valence-electron chi connectivity index (χ0n) is 15.4. The summed E-state index contributed by atoms with van der Waals surface area (Å²) in [6, 6.07) is 18.5. The fraction of sp³-hybridized carbons (Fsp3) is 0.136. The molecule has 0 unspecified atom stereocenters. The van der Waals surface area contributed by atoms with Gasteiger partial charge in [-0.15, -0.1) is 0 Å². The standard InChI is InChI=1S/C22H21N5/c1-16-5-7-20(8-6-16)27-21(12-17(2)26-27)19-9-11-24-22(13-19)25-15-18-4-3-10-23-14-18/h3-14H,15H2,1-2H3,(H,24,25).